The Hall–Kier alpha value is -0.610. The van der Waals surface area contributed by atoms with Crippen LogP contribution in [0.1, 0.15) is 32.1 Å². The maximum absolute atomic E-state index is 11.7. The van der Waals surface area contributed by atoms with E-state index in [0.717, 1.165) is 32.2 Å². The molecule has 1 saturated heterocycles. The van der Waals surface area contributed by atoms with E-state index in [1.165, 1.54) is 6.42 Å². The molecule has 4 nitrogen and oxygen atoms in total. The molecule has 1 aliphatic carbocycles. The van der Waals surface area contributed by atoms with Gasteiger partial charge >= 0.3 is 0 Å². The molecule has 4 heteroatoms. The van der Waals surface area contributed by atoms with E-state index in [1.54, 1.807) is 0 Å². The van der Waals surface area contributed by atoms with Gasteiger partial charge in [-0.25, -0.2) is 0 Å². The lowest BCUT2D eigenvalue weighted by atomic mass is 9.89. The molecule has 0 aromatic rings. The van der Waals surface area contributed by atoms with Crippen molar-refractivity contribution in [1.82, 2.24) is 10.6 Å². The fourth-order valence-corrected chi connectivity index (χ4v) is 2.08. The number of piperidine rings is 1. The maximum atomic E-state index is 11.7. The van der Waals surface area contributed by atoms with Gasteiger partial charge in [-0.1, -0.05) is 6.42 Å². The van der Waals surface area contributed by atoms with Crippen LogP contribution < -0.4 is 10.6 Å². The topological polar surface area (TPSA) is 61.4 Å². The summed E-state index contributed by atoms with van der Waals surface area (Å²) < 4.78 is 0. The Balaban J connectivity index is 1.71. The van der Waals surface area contributed by atoms with Crippen molar-refractivity contribution >= 4 is 5.91 Å². The first kappa shape index (κ1) is 9.93. The van der Waals surface area contributed by atoms with Crippen LogP contribution in [0.25, 0.3) is 0 Å². The minimum atomic E-state index is -0.195. The van der Waals surface area contributed by atoms with E-state index in [4.69, 9.17) is 5.11 Å². The van der Waals surface area contributed by atoms with E-state index in [1.807, 2.05) is 0 Å². The molecule has 2 fully saturated rings. The number of carbonyl (C=O) groups is 1. The lowest BCUT2D eigenvalue weighted by molar-refractivity contribution is -0.125. The highest BCUT2D eigenvalue weighted by atomic mass is 16.3. The zero-order valence-corrected chi connectivity index (χ0v) is 8.33. The lowest BCUT2D eigenvalue weighted by Gasteiger charge is -2.34. The summed E-state index contributed by atoms with van der Waals surface area (Å²) in [6.45, 7) is 0.950. The fourth-order valence-electron chi connectivity index (χ4n) is 2.08. The van der Waals surface area contributed by atoms with Gasteiger partial charge in [0, 0.05) is 6.04 Å². The van der Waals surface area contributed by atoms with Gasteiger partial charge < -0.3 is 15.7 Å². The Bertz CT molecular complexity index is 208. The quantitative estimate of drug-likeness (QED) is 0.574. The SMILES string of the molecule is O=C(NC1CC(O)C1)[C@H]1CCCCN1. The van der Waals surface area contributed by atoms with E-state index in [2.05, 4.69) is 10.6 Å². The standard InChI is InChI=1S/C10H18N2O2/c13-8-5-7(6-8)12-10(14)9-3-1-2-4-11-9/h7-9,11,13H,1-6H2,(H,12,14)/t7?,8?,9-/m1/s1. The number of aliphatic hydroxyl groups excluding tert-OH is 1. The van der Waals surface area contributed by atoms with Crippen LogP contribution in [0.15, 0.2) is 0 Å². The number of hydrogen-bond donors (Lipinski definition) is 3. The second-order valence-corrected chi connectivity index (χ2v) is 4.33. The Morgan fingerprint density at radius 2 is 2.14 bits per heavy atom. The van der Waals surface area contributed by atoms with Gasteiger partial charge in [-0.3, -0.25) is 4.79 Å². The van der Waals surface area contributed by atoms with Crippen LogP contribution in [-0.4, -0.2) is 35.7 Å². The number of amides is 1. The number of nitrogens with one attached hydrogen (secondary N) is 2. The third kappa shape index (κ3) is 2.25. The molecule has 3 N–H and O–H groups in total. The van der Waals surface area contributed by atoms with Crippen LogP contribution >= 0.6 is 0 Å². The number of hydrogen-bond acceptors (Lipinski definition) is 3. The average molecular weight is 198 g/mol. The monoisotopic (exact) mass is 198 g/mol. The molecule has 2 rings (SSSR count). The zero-order chi connectivity index (χ0) is 9.97. The largest absolute Gasteiger partial charge is 0.393 e. The summed E-state index contributed by atoms with van der Waals surface area (Å²) >= 11 is 0. The third-order valence-corrected chi connectivity index (χ3v) is 3.09. The van der Waals surface area contributed by atoms with Crippen LogP contribution in [0.3, 0.4) is 0 Å². The summed E-state index contributed by atoms with van der Waals surface area (Å²) in [6, 6.07) is 0.211. The number of aliphatic hydroxyl groups is 1. The van der Waals surface area contributed by atoms with E-state index in [9.17, 15) is 4.79 Å². The second kappa shape index (κ2) is 4.28. The van der Waals surface area contributed by atoms with E-state index in [0.29, 0.717) is 0 Å². The van der Waals surface area contributed by atoms with Gasteiger partial charge in [0.15, 0.2) is 0 Å². The van der Waals surface area contributed by atoms with Crippen molar-refractivity contribution in [1.29, 1.82) is 0 Å². The van der Waals surface area contributed by atoms with Crippen molar-refractivity contribution in [2.24, 2.45) is 0 Å². The van der Waals surface area contributed by atoms with Crippen LogP contribution in [0.2, 0.25) is 0 Å². The summed E-state index contributed by atoms with van der Waals surface area (Å²) in [5.74, 6) is 0.113. The highest BCUT2D eigenvalue weighted by Crippen LogP contribution is 2.19. The summed E-state index contributed by atoms with van der Waals surface area (Å²) in [5, 5.41) is 15.2. The average Bonchev–Trinajstić information content (AvgIpc) is 2.17. The molecule has 1 aliphatic heterocycles. The molecular formula is C10H18N2O2. The Morgan fingerprint density at radius 3 is 2.71 bits per heavy atom. The summed E-state index contributed by atoms with van der Waals surface area (Å²) in [6.07, 6.45) is 4.50. The fraction of sp³-hybridized carbons (Fsp3) is 0.900. The smallest absolute Gasteiger partial charge is 0.237 e. The first-order valence-electron chi connectivity index (χ1n) is 5.47. The van der Waals surface area contributed by atoms with Crippen LogP contribution in [0.4, 0.5) is 0 Å². The van der Waals surface area contributed by atoms with Gasteiger partial charge in [-0.2, -0.15) is 0 Å². The second-order valence-electron chi connectivity index (χ2n) is 4.33. The first-order valence-corrected chi connectivity index (χ1v) is 5.47. The Morgan fingerprint density at radius 1 is 1.36 bits per heavy atom. The molecule has 80 valence electrons. The van der Waals surface area contributed by atoms with Crippen molar-refractivity contribution in [3.8, 4) is 0 Å². The zero-order valence-electron chi connectivity index (χ0n) is 8.33. The van der Waals surface area contributed by atoms with Gasteiger partial charge in [0.05, 0.1) is 12.1 Å². The molecule has 1 amide bonds. The number of rotatable bonds is 2. The predicted octanol–water partition coefficient (Wildman–Crippen LogP) is -0.232. The minimum Gasteiger partial charge on any atom is -0.393 e. The van der Waals surface area contributed by atoms with Gasteiger partial charge in [0.1, 0.15) is 0 Å². The number of carbonyl (C=O) groups excluding carboxylic acids is 1. The highest BCUT2D eigenvalue weighted by Gasteiger charge is 2.30. The molecule has 1 heterocycles. The molecule has 0 unspecified atom stereocenters. The van der Waals surface area contributed by atoms with Gasteiger partial charge in [0.2, 0.25) is 5.91 Å². The Labute approximate surface area is 84.1 Å². The first-order chi connectivity index (χ1) is 6.75. The minimum absolute atomic E-state index is 0.00138. The predicted molar refractivity (Wildman–Crippen MR) is 52.8 cm³/mol. The summed E-state index contributed by atoms with van der Waals surface area (Å²) in [5.41, 5.74) is 0. The summed E-state index contributed by atoms with van der Waals surface area (Å²) in [7, 11) is 0. The van der Waals surface area contributed by atoms with E-state index >= 15 is 0 Å². The molecule has 1 saturated carbocycles. The van der Waals surface area contributed by atoms with Crippen LogP contribution in [0.5, 0.6) is 0 Å². The van der Waals surface area contributed by atoms with E-state index < -0.39 is 0 Å². The third-order valence-electron chi connectivity index (χ3n) is 3.09. The van der Waals surface area contributed by atoms with Crippen molar-refractivity contribution in [3.05, 3.63) is 0 Å². The van der Waals surface area contributed by atoms with Crippen molar-refractivity contribution < 1.29 is 9.90 Å². The van der Waals surface area contributed by atoms with Gasteiger partial charge in [0.25, 0.3) is 0 Å². The molecule has 0 aromatic carbocycles. The Kier molecular flexibility index (Phi) is 3.03. The molecule has 1 atom stereocenters. The van der Waals surface area contributed by atoms with E-state index in [-0.39, 0.29) is 24.1 Å². The van der Waals surface area contributed by atoms with Crippen molar-refractivity contribution in [2.75, 3.05) is 6.54 Å². The molecule has 0 radical (unpaired) electrons. The molecule has 0 spiro atoms. The molecule has 0 bridgehead atoms. The molecule has 2 aliphatic rings. The van der Waals surface area contributed by atoms with Crippen molar-refractivity contribution in [3.63, 3.8) is 0 Å². The molecule has 0 aromatic heterocycles. The highest BCUT2D eigenvalue weighted by molar-refractivity contribution is 5.82. The maximum Gasteiger partial charge on any atom is 0.237 e. The summed E-state index contributed by atoms with van der Waals surface area (Å²) in [4.78, 5) is 11.7. The van der Waals surface area contributed by atoms with Crippen LogP contribution in [-0.2, 0) is 4.79 Å². The lowest BCUT2D eigenvalue weighted by Crippen LogP contribution is -2.53. The van der Waals surface area contributed by atoms with Crippen molar-refractivity contribution in [2.45, 2.75) is 50.3 Å². The molecular weight excluding hydrogens is 180 g/mol. The molecule has 14 heavy (non-hydrogen) atoms. The van der Waals surface area contributed by atoms with Gasteiger partial charge in [-0.05, 0) is 32.2 Å². The van der Waals surface area contributed by atoms with Gasteiger partial charge in [-0.15, -0.1) is 0 Å². The normalized spacial score (nSPS) is 37.4. The van der Waals surface area contributed by atoms with Crippen LogP contribution in [0, 0.1) is 0 Å².